The predicted octanol–water partition coefficient (Wildman–Crippen LogP) is 2.66. The van der Waals surface area contributed by atoms with Crippen LogP contribution >= 0.6 is 0 Å². The van der Waals surface area contributed by atoms with E-state index in [9.17, 15) is 9.90 Å². The van der Waals surface area contributed by atoms with Crippen LogP contribution in [0.2, 0.25) is 0 Å². The highest BCUT2D eigenvalue weighted by molar-refractivity contribution is 5.68. The zero-order valence-electron chi connectivity index (χ0n) is 8.90. The van der Waals surface area contributed by atoms with E-state index in [2.05, 4.69) is 4.74 Å². The van der Waals surface area contributed by atoms with Crippen LogP contribution in [0.3, 0.4) is 0 Å². The molecule has 0 aliphatic heterocycles. The van der Waals surface area contributed by atoms with Crippen molar-refractivity contribution in [3.8, 4) is 0 Å². The first-order valence-electron chi connectivity index (χ1n) is 5.07. The summed E-state index contributed by atoms with van der Waals surface area (Å²) >= 11 is 0. The molecule has 1 aliphatic carbocycles. The van der Waals surface area contributed by atoms with Crippen molar-refractivity contribution in [3.05, 3.63) is 35.6 Å². The third-order valence-corrected chi connectivity index (χ3v) is 2.27. The highest BCUT2D eigenvalue weighted by Crippen LogP contribution is 2.16. The molecule has 1 N–H and O–H groups in total. The largest absolute Gasteiger partial charge is 0.512 e. The van der Waals surface area contributed by atoms with E-state index in [1.165, 1.54) is 7.11 Å². The van der Waals surface area contributed by atoms with Gasteiger partial charge in [-0.05, 0) is 12.8 Å². The van der Waals surface area contributed by atoms with Gasteiger partial charge < -0.3 is 9.84 Å². The van der Waals surface area contributed by atoms with Gasteiger partial charge in [-0.15, -0.1) is 0 Å². The Labute approximate surface area is 89.7 Å². The van der Waals surface area contributed by atoms with Gasteiger partial charge in [0.2, 0.25) is 0 Å². The number of hydrogen-bond acceptors (Lipinski definition) is 3. The molecule has 82 valence electrons. The van der Waals surface area contributed by atoms with Crippen molar-refractivity contribution < 1.29 is 14.6 Å². The van der Waals surface area contributed by atoms with Crippen molar-refractivity contribution >= 4 is 5.97 Å². The molecular formula is C12H16O3. The highest BCUT2D eigenvalue weighted by Gasteiger charge is 2.04. The Morgan fingerprint density at radius 2 is 1.87 bits per heavy atom. The number of esters is 1. The van der Waals surface area contributed by atoms with Crippen LogP contribution in [-0.2, 0) is 9.53 Å². The summed E-state index contributed by atoms with van der Waals surface area (Å²) in [6, 6.07) is 0. The van der Waals surface area contributed by atoms with Gasteiger partial charge in [0.25, 0.3) is 0 Å². The molecule has 0 atom stereocenters. The molecule has 0 aromatic rings. The first kappa shape index (κ1) is 11.6. The molecule has 1 aliphatic rings. The van der Waals surface area contributed by atoms with Crippen LogP contribution in [-0.4, -0.2) is 18.2 Å². The summed E-state index contributed by atoms with van der Waals surface area (Å²) in [6.45, 7) is 0. The van der Waals surface area contributed by atoms with Crippen LogP contribution < -0.4 is 0 Å². The van der Waals surface area contributed by atoms with Crippen LogP contribution in [0.1, 0.15) is 25.7 Å². The summed E-state index contributed by atoms with van der Waals surface area (Å²) in [4.78, 5) is 10.8. The van der Waals surface area contributed by atoms with Gasteiger partial charge in [-0.2, -0.15) is 0 Å². The number of ether oxygens (including phenoxy) is 1. The molecule has 0 amide bonds. The Morgan fingerprint density at radius 3 is 2.47 bits per heavy atom. The zero-order valence-corrected chi connectivity index (χ0v) is 8.90. The SMILES string of the molecule is COC(=O)CCCCC(O)=C1C=CC=C1. The zero-order chi connectivity index (χ0) is 11.1. The van der Waals surface area contributed by atoms with Gasteiger partial charge in [0, 0.05) is 18.4 Å². The second-order valence-corrected chi connectivity index (χ2v) is 3.40. The smallest absolute Gasteiger partial charge is 0.305 e. The number of aliphatic hydroxyl groups excluding tert-OH is 1. The molecule has 3 nitrogen and oxygen atoms in total. The summed E-state index contributed by atoms with van der Waals surface area (Å²) < 4.78 is 4.52. The Kier molecular flexibility index (Phi) is 4.68. The number of carbonyl (C=O) groups is 1. The lowest BCUT2D eigenvalue weighted by Gasteiger charge is -2.02. The first-order chi connectivity index (χ1) is 7.24. The molecule has 0 radical (unpaired) electrons. The van der Waals surface area contributed by atoms with Gasteiger partial charge in [0.05, 0.1) is 12.9 Å². The fourth-order valence-corrected chi connectivity index (χ4v) is 1.37. The van der Waals surface area contributed by atoms with Crippen LogP contribution in [0.5, 0.6) is 0 Å². The maximum atomic E-state index is 10.8. The molecule has 1 rings (SSSR count). The maximum absolute atomic E-state index is 10.8. The number of hydrogen-bond donors (Lipinski definition) is 1. The van der Waals surface area contributed by atoms with Gasteiger partial charge >= 0.3 is 5.97 Å². The fourth-order valence-electron chi connectivity index (χ4n) is 1.37. The molecule has 0 saturated heterocycles. The third-order valence-electron chi connectivity index (χ3n) is 2.27. The minimum Gasteiger partial charge on any atom is -0.512 e. The summed E-state index contributed by atoms with van der Waals surface area (Å²) in [6.07, 6.45) is 10.1. The number of allylic oxidation sites excluding steroid dienone is 6. The third kappa shape index (κ3) is 4.02. The molecule has 0 unspecified atom stereocenters. The Bertz CT molecular complexity index is 297. The Balaban J connectivity index is 2.20. The van der Waals surface area contributed by atoms with Crippen molar-refractivity contribution in [2.24, 2.45) is 0 Å². The van der Waals surface area contributed by atoms with Crippen LogP contribution in [0.4, 0.5) is 0 Å². The quantitative estimate of drug-likeness (QED) is 0.429. The lowest BCUT2D eigenvalue weighted by Crippen LogP contribution is -1.99. The number of aliphatic hydroxyl groups is 1. The average Bonchev–Trinajstić information content (AvgIpc) is 2.77. The molecule has 0 aromatic heterocycles. The lowest BCUT2D eigenvalue weighted by molar-refractivity contribution is -0.140. The second kappa shape index (κ2) is 6.06. The molecule has 3 heteroatoms. The molecule has 0 bridgehead atoms. The van der Waals surface area contributed by atoms with E-state index in [0.717, 1.165) is 18.4 Å². The van der Waals surface area contributed by atoms with Crippen LogP contribution in [0.15, 0.2) is 35.6 Å². The minimum absolute atomic E-state index is 0.192. The molecule has 0 fully saturated rings. The van der Waals surface area contributed by atoms with Gasteiger partial charge in [0.1, 0.15) is 0 Å². The highest BCUT2D eigenvalue weighted by atomic mass is 16.5. The lowest BCUT2D eigenvalue weighted by atomic mass is 10.1. The topological polar surface area (TPSA) is 46.5 Å². The first-order valence-corrected chi connectivity index (χ1v) is 5.07. The van der Waals surface area contributed by atoms with E-state index in [-0.39, 0.29) is 5.97 Å². The molecule has 15 heavy (non-hydrogen) atoms. The number of unbranched alkanes of at least 4 members (excludes halogenated alkanes) is 1. The molecular weight excluding hydrogens is 192 g/mol. The monoisotopic (exact) mass is 208 g/mol. The summed E-state index contributed by atoms with van der Waals surface area (Å²) in [5, 5.41) is 9.63. The van der Waals surface area contributed by atoms with Crippen molar-refractivity contribution in [3.63, 3.8) is 0 Å². The number of carbonyl (C=O) groups excluding carboxylic acids is 1. The number of methoxy groups -OCH3 is 1. The van der Waals surface area contributed by atoms with Gasteiger partial charge in [-0.3, -0.25) is 4.79 Å². The van der Waals surface area contributed by atoms with Crippen LogP contribution in [0.25, 0.3) is 0 Å². The van der Waals surface area contributed by atoms with Crippen molar-refractivity contribution in [1.82, 2.24) is 0 Å². The summed E-state index contributed by atoms with van der Waals surface area (Å²) in [5.74, 6) is 0.202. The summed E-state index contributed by atoms with van der Waals surface area (Å²) in [5.41, 5.74) is 0.869. The van der Waals surface area contributed by atoms with Crippen molar-refractivity contribution in [2.75, 3.05) is 7.11 Å². The molecule has 0 heterocycles. The standard InChI is InChI=1S/C12H16O3/c1-15-12(14)9-5-4-8-11(13)10-6-2-3-7-10/h2-3,6-7,13H,4-5,8-9H2,1H3. The maximum Gasteiger partial charge on any atom is 0.305 e. The normalized spacial score (nSPS) is 13.3. The molecule has 0 saturated carbocycles. The van der Waals surface area contributed by atoms with Gasteiger partial charge in [-0.1, -0.05) is 24.3 Å². The average molecular weight is 208 g/mol. The fraction of sp³-hybridized carbons (Fsp3) is 0.417. The van der Waals surface area contributed by atoms with Gasteiger partial charge in [-0.25, -0.2) is 0 Å². The van der Waals surface area contributed by atoms with E-state index in [1.54, 1.807) is 0 Å². The van der Waals surface area contributed by atoms with E-state index in [1.807, 2.05) is 24.3 Å². The number of rotatable bonds is 5. The van der Waals surface area contributed by atoms with E-state index in [4.69, 9.17) is 0 Å². The molecule has 0 spiro atoms. The molecule has 0 aromatic carbocycles. The second-order valence-electron chi connectivity index (χ2n) is 3.40. The van der Waals surface area contributed by atoms with E-state index < -0.39 is 0 Å². The van der Waals surface area contributed by atoms with Gasteiger partial charge in [0.15, 0.2) is 0 Å². The van der Waals surface area contributed by atoms with E-state index >= 15 is 0 Å². The predicted molar refractivity (Wildman–Crippen MR) is 58.4 cm³/mol. The Morgan fingerprint density at radius 1 is 1.27 bits per heavy atom. The minimum atomic E-state index is -0.192. The summed E-state index contributed by atoms with van der Waals surface area (Å²) in [7, 11) is 1.38. The van der Waals surface area contributed by atoms with Crippen molar-refractivity contribution in [2.45, 2.75) is 25.7 Å². The van der Waals surface area contributed by atoms with Crippen LogP contribution in [0, 0.1) is 0 Å². The Hall–Kier alpha value is -1.51. The van der Waals surface area contributed by atoms with Crippen molar-refractivity contribution in [1.29, 1.82) is 0 Å². The van der Waals surface area contributed by atoms with E-state index in [0.29, 0.717) is 18.6 Å².